The minimum Gasteiger partial charge on any atom is -0.396 e. The van der Waals surface area contributed by atoms with E-state index in [1.165, 1.54) is 5.69 Å². The second-order valence-corrected chi connectivity index (χ2v) is 8.42. The van der Waals surface area contributed by atoms with E-state index in [9.17, 15) is 13.5 Å². The molecule has 0 bridgehead atoms. The van der Waals surface area contributed by atoms with Crippen LogP contribution < -0.4 is 0 Å². The van der Waals surface area contributed by atoms with Crippen LogP contribution in [0.3, 0.4) is 0 Å². The summed E-state index contributed by atoms with van der Waals surface area (Å²) < 4.78 is 25.6. The van der Waals surface area contributed by atoms with Crippen molar-refractivity contribution >= 4 is 9.84 Å². The number of aliphatic hydroxyl groups is 1. The van der Waals surface area contributed by atoms with E-state index in [0.29, 0.717) is 17.4 Å². The van der Waals surface area contributed by atoms with Gasteiger partial charge in [0.25, 0.3) is 0 Å². The number of aryl methyl sites for hydroxylation is 1. The number of hydrogen-bond donors (Lipinski definition) is 1. The number of nitrogens with zero attached hydrogens (tertiary/aromatic N) is 2. The van der Waals surface area contributed by atoms with E-state index in [2.05, 4.69) is 9.55 Å². The van der Waals surface area contributed by atoms with E-state index in [4.69, 9.17) is 0 Å². The van der Waals surface area contributed by atoms with Gasteiger partial charge in [0, 0.05) is 37.4 Å². The third-order valence-corrected chi connectivity index (χ3v) is 6.45. The minimum absolute atomic E-state index is 0.203. The first-order valence-electron chi connectivity index (χ1n) is 7.42. The van der Waals surface area contributed by atoms with Crippen LogP contribution in [-0.4, -0.2) is 41.2 Å². The molecule has 3 heterocycles. The molecule has 5 nitrogen and oxygen atoms in total. The molecule has 2 atom stereocenters. The summed E-state index contributed by atoms with van der Waals surface area (Å²) in [6.45, 7) is 1.04. The number of sulfone groups is 1. The van der Waals surface area contributed by atoms with Crippen LogP contribution in [0.5, 0.6) is 0 Å². The van der Waals surface area contributed by atoms with Gasteiger partial charge in [-0.15, -0.1) is 0 Å². The van der Waals surface area contributed by atoms with Crippen LogP contribution in [0.2, 0.25) is 0 Å². The first-order valence-corrected chi connectivity index (χ1v) is 9.24. The molecule has 0 aromatic carbocycles. The van der Waals surface area contributed by atoms with Gasteiger partial charge in [-0.05, 0) is 31.6 Å². The van der Waals surface area contributed by atoms with Crippen molar-refractivity contribution in [3.63, 3.8) is 0 Å². The molecule has 112 valence electrons. The van der Waals surface area contributed by atoms with E-state index >= 15 is 0 Å². The lowest BCUT2D eigenvalue weighted by Gasteiger charge is -2.26. The molecule has 6 heteroatoms. The summed E-state index contributed by atoms with van der Waals surface area (Å²) in [5, 5.41) is 9.32. The maximum Gasteiger partial charge on any atom is 0.150 e. The summed E-state index contributed by atoms with van der Waals surface area (Å²) in [6.07, 6.45) is 6.39. The van der Waals surface area contributed by atoms with Crippen molar-refractivity contribution in [3.05, 3.63) is 17.7 Å². The number of rotatable bonds is 3. The third kappa shape index (κ3) is 2.91. The smallest absolute Gasteiger partial charge is 0.150 e. The Labute approximate surface area is 119 Å². The van der Waals surface area contributed by atoms with E-state index in [1.807, 2.05) is 6.20 Å². The summed E-state index contributed by atoms with van der Waals surface area (Å²) in [4.78, 5) is 4.49. The molecule has 20 heavy (non-hydrogen) atoms. The van der Waals surface area contributed by atoms with E-state index in [1.54, 1.807) is 0 Å². The maximum absolute atomic E-state index is 11.7. The molecule has 1 saturated heterocycles. The number of aromatic nitrogens is 2. The number of aliphatic hydroxyl groups excluding tert-OH is 1. The Kier molecular flexibility index (Phi) is 3.86. The maximum atomic E-state index is 11.7. The average Bonchev–Trinajstić information content (AvgIpc) is 2.80. The highest BCUT2D eigenvalue weighted by molar-refractivity contribution is 7.91. The lowest BCUT2D eigenvalue weighted by Crippen LogP contribution is -2.29. The molecule has 3 rings (SSSR count). The molecule has 0 saturated carbocycles. The lowest BCUT2D eigenvalue weighted by molar-refractivity contribution is 0.190. The van der Waals surface area contributed by atoms with E-state index < -0.39 is 9.84 Å². The molecule has 1 N–H and O–H groups in total. The van der Waals surface area contributed by atoms with Crippen LogP contribution in [0.4, 0.5) is 0 Å². The number of fused-ring (bicyclic) bond motifs is 1. The van der Waals surface area contributed by atoms with Crippen molar-refractivity contribution in [2.24, 2.45) is 11.8 Å². The third-order valence-electron chi connectivity index (χ3n) is 4.56. The molecule has 0 spiro atoms. The van der Waals surface area contributed by atoms with Crippen LogP contribution in [0, 0.1) is 11.8 Å². The summed E-state index contributed by atoms with van der Waals surface area (Å²) in [7, 11) is -2.85. The van der Waals surface area contributed by atoms with Crippen molar-refractivity contribution < 1.29 is 13.5 Å². The predicted molar refractivity (Wildman–Crippen MR) is 76.2 cm³/mol. The quantitative estimate of drug-likeness (QED) is 0.896. The Morgan fingerprint density at radius 2 is 2.20 bits per heavy atom. The molecular formula is C14H22N2O3S. The van der Waals surface area contributed by atoms with E-state index in [0.717, 1.165) is 44.5 Å². The Bertz CT molecular complexity index is 579. The van der Waals surface area contributed by atoms with Crippen molar-refractivity contribution in [2.45, 2.75) is 38.6 Å². The second-order valence-electron chi connectivity index (χ2n) is 6.19. The molecule has 0 radical (unpaired) electrons. The second kappa shape index (κ2) is 5.48. The minimum atomic E-state index is -2.85. The Morgan fingerprint density at radius 1 is 1.35 bits per heavy atom. The topological polar surface area (TPSA) is 72.2 Å². The fourth-order valence-electron chi connectivity index (χ4n) is 3.43. The molecule has 0 amide bonds. The highest BCUT2D eigenvalue weighted by Crippen LogP contribution is 2.26. The summed E-state index contributed by atoms with van der Waals surface area (Å²) in [5.74, 6) is 2.16. The van der Waals surface area contributed by atoms with Gasteiger partial charge in [-0.1, -0.05) is 0 Å². The van der Waals surface area contributed by atoms with Crippen molar-refractivity contribution in [1.29, 1.82) is 0 Å². The van der Waals surface area contributed by atoms with Gasteiger partial charge >= 0.3 is 0 Å². The van der Waals surface area contributed by atoms with Crippen LogP contribution in [0.1, 0.15) is 30.8 Å². The zero-order valence-electron chi connectivity index (χ0n) is 11.7. The Hall–Kier alpha value is -0.880. The zero-order valence-corrected chi connectivity index (χ0v) is 12.5. The first-order chi connectivity index (χ1) is 9.57. The summed E-state index contributed by atoms with van der Waals surface area (Å²) >= 11 is 0. The molecule has 1 aromatic rings. The standard InChI is InChI=1S/C14H22N2O3S/c17-9-12-3-4-13-7-15-14(16(13)8-12)6-11-2-1-5-20(18,19)10-11/h7,11-12,17H,1-6,8-10H2. The fourth-order valence-corrected chi connectivity index (χ4v) is 5.20. The molecular weight excluding hydrogens is 276 g/mol. The zero-order chi connectivity index (χ0) is 14.2. The van der Waals surface area contributed by atoms with Crippen LogP contribution in [-0.2, 0) is 29.2 Å². The molecule has 2 aliphatic heterocycles. The molecule has 2 unspecified atom stereocenters. The van der Waals surface area contributed by atoms with Gasteiger partial charge in [0.2, 0.25) is 0 Å². The summed E-state index contributed by atoms with van der Waals surface area (Å²) in [5.41, 5.74) is 1.23. The van der Waals surface area contributed by atoms with Gasteiger partial charge in [-0.2, -0.15) is 0 Å². The SMILES string of the molecule is O=S1(=O)CCCC(Cc2ncc3n2CC(CO)CC3)C1. The molecule has 1 aromatic heterocycles. The average molecular weight is 298 g/mol. The first kappa shape index (κ1) is 14.1. The largest absolute Gasteiger partial charge is 0.396 e. The normalized spacial score (nSPS) is 29.1. The van der Waals surface area contributed by atoms with Gasteiger partial charge in [-0.25, -0.2) is 13.4 Å². The molecule has 1 fully saturated rings. The van der Waals surface area contributed by atoms with Crippen LogP contribution >= 0.6 is 0 Å². The monoisotopic (exact) mass is 298 g/mol. The number of imidazole rings is 1. The van der Waals surface area contributed by atoms with Crippen LogP contribution in [0.15, 0.2) is 6.20 Å². The van der Waals surface area contributed by atoms with Crippen molar-refractivity contribution in [1.82, 2.24) is 9.55 Å². The number of hydrogen-bond acceptors (Lipinski definition) is 4. The highest BCUT2D eigenvalue weighted by atomic mass is 32.2. The van der Waals surface area contributed by atoms with E-state index in [-0.39, 0.29) is 12.5 Å². The van der Waals surface area contributed by atoms with Gasteiger partial charge in [0.05, 0.1) is 11.5 Å². The van der Waals surface area contributed by atoms with Gasteiger partial charge in [0.15, 0.2) is 9.84 Å². The Morgan fingerprint density at radius 3 is 2.95 bits per heavy atom. The lowest BCUT2D eigenvalue weighted by atomic mass is 9.98. The van der Waals surface area contributed by atoms with Gasteiger partial charge in [0.1, 0.15) is 5.82 Å². The van der Waals surface area contributed by atoms with Crippen molar-refractivity contribution in [3.8, 4) is 0 Å². The molecule has 0 aliphatic carbocycles. The van der Waals surface area contributed by atoms with Crippen LogP contribution in [0.25, 0.3) is 0 Å². The summed E-state index contributed by atoms with van der Waals surface area (Å²) in [6, 6.07) is 0. The fraction of sp³-hybridized carbons (Fsp3) is 0.786. The predicted octanol–water partition coefficient (Wildman–Crippen LogP) is 0.805. The van der Waals surface area contributed by atoms with Crippen molar-refractivity contribution in [2.75, 3.05) is 18.1 Å². The molecule has 2 aliphatic rings. The Balaban J connectivity index is 1.74. The highest BCUT2D eigenvalue weighted by Gasteiger charge is 2.27. The van der Waals surface area contributed by atoms with Gasteiger partial charge in [-0.3, -0.25) is 0 Å². The van der Waals surface area contributed by atoms with Gasteiger partial charge < -0.3 is 9.67 Å².